The van der Waals surface area contributed by atoms with E-state index in [1.165, 1.54) is 0 Å². The van der Waals surface area contributed by atoms with Crippen molar-refractivity contribution in [1.82, 2.24) is 4.98 Å². The fraction of sp³-hybridized carbons (Fsp3) is 0.143. The van der Waals surface area contributed by atoms with Gasteiger partial charge < -0.3 is 14.8 Å². The zero-order valence-corrected chi connectivity index (χ0v) is 10.7. The van der Waals surface area contributed by atoms with Crippen LogP contribution in [0.25, 0.3) is 0 Å². The molecular formula is C14H13N3O2. The van der Waals surface area contributed by atoms with Crippen molar-refractivity contribution in [3.63, 3.8) is 0 Å². The number of pyridine rings is 1. The number of hydrogen-bond acceptors (Lipinski definition) is 5. The molecule has 0 aliphatic heterocycles. The second-order valence-electron chi connectivity index (χ2n) is 3.71. The van der Waals surface area contributed by atoms with Gasteiger partial charge in [-0.2, -0.15) is 5.26 Å². The molecule has 96 valence electrons. The van der Waals surface area contributed by atoms with Gasteiger partial charge in [-0.1, -0.05) is 0 Å². The van der Waals surface area contributed by atoms with Gasteiger partial charge in [-0.3, -0.25) is 0 Å². The summed E-state index contributed by atoms with van der Waals surface area (Å²) in [4.78, 5) is 3.99. The molecule has 0 saturated heterocycles. The largest absolute Gasteiger partial charge is 0.493 e. The minimum absolute atomic E-state index is 0.345. The van der Waals surface area contributed by atoms with Gasteiger partial charge in [0.15, 0.2) is 17.2 Å². The standard InChI is InChI=1S/C14H13N3O2/c1-18-13-6-5-10(8-14(13)19-2)17-11-4-3-7-16-12(11)9-15/h3-8,17H,1-2H3. The van der Waals surface area contributed by atoms with Gasteiger partial charge in [-0.25, -0.2) is 4.98 Å². The average molecular weight is 255 g/mol. The van der Waals surface area contributed by atoms with E-state index >= 15 is 0 Å². The lowest BCUT2D eigenvalue weighted by atomic mass is 10.2. The molecule has 0 fully saturated rings. The Kier molecular flexibility index (Phi) is 3.84. The van der Waals surface area contributed by atoms with E-state index in [1.54, 1.807) is 44.7 Å². The minimum atomic E-state index is 0.345. The Morgan fingerprint density at radius 3 is 2.63 bits per heavy atom. The van der Waals surface area contributed by atoms with Gasteiger partial charge in [0.25, 0.3) is 0 Å². The summed E-state index contributed by atoms with van der Waals surface area (Å²) in [5, 5.41) is 12.1. The Balaban J connectivity index is 2.31. The van der Waals surface area contributed by atoms with Crippen LogP contribution in [0.5, 0.6) is 11.5 Å². The molecular weight excluding hydrogens is 242 g/mol. The maximum atomic E-state index is 8.98. The lowest BCUT2D eigenvalue weighted by Crippen LogP contribution is -1.97. The second kappa shape index (κ2) is 5.74. The molecule has 0 unspecified atom stereocenters. The number of nitrogens with zero attached hydrogens (tertiary/aromatic N) is 2. The molecule has 0 aliphatic rings. The predicted molar refractivity (Wildman–Crippen MR) is 71.8 cm³/mol. The number of benzene rings is 1. The Labute approximate surface area is 111 Å². The van der Waals surface area contributed by atoms with E-state index < -0.39 is 0 Å². The summed E-state index contributed by atoms with van der Waals surface area (Å²) in [6.45, 7) is 0. The fourth-order valence-electron chi connectivity index (χ4n) is 1.66. The number of nitrogens with one attached hydrogen (secondary N) is 1. The normalized spacial score (nSPS) is 9.53. The third-order valence-corrected chi connectivity index (χ3v) is 2.58. The van der Waals surface area contributed by atoms with Gasteiger partial charge in [0, 0.05) is 18.0 Å². The lowest BCUT2D eigenvalue weighted by Gasteiger charge is -2.11. The van der Waals surface area contributed by atoms with Gasteiger partial charge >= 0.3 is 0 Å². The van der Waals surface area contributed by atoms with Crippen LogP contribution in [0.15, 0.2) is 36.5 Å². The molecule has 5 nitrogen and oxygen atoms in total. The number of aromatic nitrogens is 1. The lowest BCUT2D eigenvalue weighted by molar-refractivity contribution is 0.355. The summed E-state index contributed by atoms with van der Waals surface area (Å²) in [5.41, 5.74) is 1.79. The van der Waals surface area contributed by atoms with E-state index in [1.807, 2.05) is 12.1 Å². The second-order valence-corrected chi connectivity index (χ2v) is 3.71. The first-order valence-corrected chi connectivity index (χ1v) is 5.62. The molecule has 2 aromatic rings. The molecule has 0 amide bonds. The first kappa shape index (κ1) is 12.7. The smallest absolute Gasteiger partial charge is 0.163 e. The van der Waals surface area contributed by atoms with Crippen LogP contribution in [0, 0.1) is 11.3 Å². The van der Waals surface area contributed by atoms with Gasteiger partial charge in [0.05, 0.1) is 19.9 Å². The van der Waals surface area contributed by atoms with Crippen LogP contribution >= 0.6 is 0 Å². The van der Waals surface area contributed by atoms with Crippen LogP contribution in [0.3, 0.4) is 0 Å². The predicted octanol–water partition coefficient (Wildman–Crippen LogP) is 2.71. The van der Waals surface area contributed by atoms with Crippen LogP contribution in [-0.4, -0.2) is 19.2 Å². The molecule has 1 aromatic carbocycles. The molecule has 5 heteroatoms. The molecule has 1 N–H and O–H groups in total. The third-order valence-electron chi connectivity index (χ3n) is 2.58. The van der Waals surface area contributed by atoms with E-state index in [2.05, 4.69) is 10.3 Å². The van der Waals surface area contributed by atoms with Crippen molar-refractivity contribution in [2.45, 2.75) is 0 Å². The molecule has 1 heterocycles. The van der Waals surface area contributed by atoms with Crippen molar-refractivity contribution in [1.29, 1.82) is 5.26 Å². The summed E-state index contributed by atoms with van der Waals surface area (Å²) in [6.07, 6.45) is 1.58. The number of hydrogen-bond donors (Lipinski definition) is 1. The summed E-state index contributed by atoms with van der Waals surface area (Å²) in [5.74, 6) is 1.27. The Hall–Kier alpha value is -2.74. The molecule has 0 bridgehead atoms. The number of methoxy groups -OCH3 is 2. The van der Waals surface area contributed by atoms with Crippen molar-refractivity contribution in [3.8, 4) is 17.6 Å². The van der Waals surface area contributed by atoms with Crippen LogP contribution in [0.4, 0.5) is 11.4 Å². The molecule has 1 aromatic heterocycles. The third kappa shape index (κ3) is 2.75. The average Bonchev–Trinajstić information content (AvgIpc) is 2.47. The van der Waals surface area contributed by atoms with E-state index in [0.29, 0.717) is 22.9 Å². The maximum Gasteiger partial charge on any atom is 0.163 e. The first-order chi connectivity index (χ1) is 9.28. The molecule has 19 heavy (non-hydrogen) atoms. The van der Waals surface area contributed by atoms with Crippen LogP contribution < -0.4 is 14.8 Å². The zero-order valence-electron chi connectivity index (χ0n) is 10.7. The Bertz CT molecular complexity index is 620. The van der Waals surface area contributed by atoms with Gasteiger partial charge in [-0.15, -0.1) is 0 Å². The Morgan fingerprint density at radius 2 is 1.95 bits per heavy atom. The van der Waals surface area contributed by atoms with E-state index in [9.17, 15) is 0 Å². The highest BCUT2D eigenvalue weighted by atomic mass is 16.5. The van der Waals surface area contributed by atoms with Crippen LogP contribution in [0.1, 0.15) is 5.69 Å². The van der Waals surface area contributed by atoms with Gasteiger partial charge in [-0.05, 0) is 24.3 Å². The molecule has 0 spiro atoms. The van der Waals surface area contributed by atoms with Crippen molar-refractivity contribution in [3.05, 3.63) is 42.2 Å². The quantitative estimate of drug-likeness (QED) is 0.909. The number of rotatable bonds is 4. The molecule has 2 rings (SSSR count). The highest BCUT2D eigenvalue weighted by Crippen LogP contribution is 2.31. The summed E-state index contributed by atoms with van der Waals surface area (Å²) in [7, 11) is 3.16. The Morgan fingerprint density at radius 1 is 1.16 bits per heavy atom. The SMILES string of the molecule is COc1ccc(Nc2cccnc2C#N)cc1OC. The fourth-order valence-corrected chi connectivity index (χ4v) is 1.66. The van der Waals surface area contributed by atoms with Crippen molar-refractivity contribution in [2.75, 3.05) is 19.5 Å². The van der Waals surface area contributed by atoms with E-state index in [-0.39, 0.29) is 0 Å². The monoisotopic (exact) mass is 255 g/mol. The van der Waals surface area contributed by atoms with Gasteiger partial charge in [0.1, 0.15) is 6.07 Å². The molecule has 0 aliphatic carbocycles. The highest BCUT2D eigenvalue weighted by Gasteiger charge is 2.07. The zero-order chi connectivity index (χ0) is 13.7. The first-order valence-electron chi connectivity index (χ1n) is 5.62. The van der Waals surface area contributed by atoms with Crippen LogP contribution in [-0.2, 0) is 0 Å². The van der Waals surface area contributed by atoms with E-state index in [4.69, 9.17) is 14.7 Å². The topological polar surface area (TPSA) is 67.2 Å². The van der Waals surface area contributed by atoms with Crippen LogP contribution in [0.2, 0.25) is 0 Å². The minimum Gasteiger partial charge on any atom is -0.493 e. The molecule has 0 saturated carbocycles. The van der Waals surface area contributed by atoms with E-state index in [0.717, 1.165) is 5.69 Å². The maximum absolute atomic E-state index is 8.98. The van der Waals surface area contributed by atoms with Crippen molar-refractivity contribution in [2.24, 2.45) is 0 Å². The molecule has 0 radical (unpaired) electrons. The summed E-state index contributed by atoms with van der Waals surface area (Å²) in [6, 6.07) is 11.0. The van der Waals surface area contributed by atoms with Crippen molar-refractivity contribution < 1.29 is 9.47 Å². The van der Waals surface area contributed by atoms with Gasteiger partial charge in [0.2, 0.25) is 0 Å². The summed E-state index contributed by atoms with van der Waals surface area (Å²) < 4.78 is 10.4. The number of anilines is 2. The van der Waals surface area contributed by atoms with Crippen molar-refractivity contribution >= 4 is 11.4 Å². The highest BCUT2D eigenvalue weighted by molar-refractivity contribution is 5.66. The summed E-state index contributed by atoms with van der Waals surface area (Å²) >= 11 is 0. The number of nitriles is 1. The number of ether oxygens (including phenoxy) is 2. The molecule has 0 atom stereocenters.